The molecule has 24 heavy (non-hydrogen) atoms. The van der Waals surface area contributed by atoms with Crippen LogP contribution in [0.4, 0.5) is 5.82 Å². The molecule has 0 aliphatic carbocycles. The number of esters is 1. The normalized spacial score (nSPS) is 10.4. The topological polar surface area (TPSA) is 81.4 Å². The van der Waals surface area contributed by atoms with E-state index >= 15 is 0 Å². The number of rotatable bonds is 5. The van der Waals surface area contributed by atoms with Gasteiger partial charge in [-0.2, -0.15) is 0 Å². The van der Waals surface area contributed by atoms with Crippen molar-refractivity contribution in [1.29, 1.82) is 0 Å². The van der Waals surface area contributed by atoms with Crippen molar-refractivity contribution in [2.75, 3.05) is 11.9 Å². The van der Waals surface area contributed by atoms with Crippen molar-refractivity contribution in [3.8, 4) is 11.1 Å². The minimum absolute atomic E-state index is 0.287. The predicted molar refractivity (Wildman–Crippen MR) is 89.9 cm³/mol. The summed E-state index contributed by atoms with van der Waals surface area (Å²) in [7, 11) is 0. The molecule has 3 aromatic rings. The fourth-order valence-electron chi connectivity index (χ4n) is 2.11. The maximum Gasteiger partial charge on any atom is 0.349 e. The zero-order chi connectivity index (χ0) is 16.9. The van der Waals surface area contributed by atoms with Gasteiger partial charge in [0.05, 0.1) is 0 Å². The Balaban J connectivity index is 1.62. The lowest BCUT2D eigenvalue weighted by Crippen LogP contribution is -2.20. The standard InChI is InChI=1S/C17H14N2O4S/c1-11-9-14(19-23-11)18-15(20)10-22-17(21)16-13(7-8-24-16)12-5-3-2-4-6-12/h2-9H,10H2,1H3,(H,18,19,20). The number of nitrogens with one attached hydrogen (secondary N) is 1. The molecule has 2 heterocycles. The highest BCUT2D eigenvalue weighted by Gasteiger charge is 2.17. The molecule has 0 saturated heterocycles. The molecule has 122 valence electrons. The van der Waals surface area contributed by atoms with Crippen LogP contribution in [0.5, 0.6) is 0 Å². The number of hydrogen-bond donors (Lipinski definition) is 1. The van der Waals surface area contributed by atoms with Gasteiger partial charge >= 0.3 is 5.97 Å². The van der Waals surface area contributed by atoms with Gasteiger partial charge < -0.3 is 14.6 Å². The molecule has 0 fully saturated rings. The number of carbonyl (C=O) groups excluding carboxylic acids is 2. The summed E-state index contributed by atoms with van der Waals surface area (Å²) in [6, 6.07) is 13.0. The molecular formula is C17H14N2O4S. The average molecular weight is 342 g/mol. The third-order valence-corrected chi connectivity index (χ3v) is 4.06. The summed E-state index contributed by atoms with van der Waals surface area (Å²) in [5.74, 6) is -0.146. The molecule has 0 unspecified atom stereocenters. The fraction of sp³-hybridized carbons (Fsp3) is 0.118. The molecule has 0 aliphatic rings. The average Bonchev–Trinajstić information content (AvgIpc) is 3.22. The molecule has 0 atom stereocenters. The van der Waals surface area contributed by atoms with Gasteiger partial charge in [0.15, 0.2) is 12.4 Å². The third-order valence-electron chi connectivity index (χ3n) is 3.17. The number of carbonyl (C=O) groups is 2. The van der Waals surface area contributed by atoms with Gasteiger partial charge in [0.25, 0.3) is 5.91 Å². The van der Waals surface area contributed by atoms with Crippen LogP contribution in [0.15, 0.2) is 52.4 Å². The number of aromatic nitrogens is 1. The number of nitrogens with zero attached hydrogens (tertiary/aromatic N) is 1. The van der Waals surface area contributed by atoms with Crippen LogP contribution >= 0.6 is 11.3 Å². The molecule has 7 heteroatoms. The third kappa shape index (κ3) is 3.69. The highest BCUT2D eigenvalue weighted by molar-refractivity contribution is 7.12. The second-order valence-electron chi connectivity index (χ2n) is 4.98. The van der Waals surface area contributed by atoms with E-state index in [9.17, 15) is 9.59 Å². The van der Waals surface area contributed by atoms with Crippen LogP contribution in [0, 0.1) is 6.92 Å². The summed E-state index contributed by atoms with van der Waals surface area (Å²) in [6.07, 6.45) is 0. The molecule has 1 amide bonds. The zero-order valence-corrected chi connectivity index (χ0v) is 13.6. The Morgan fingerprint density at radius 3 is 2.75 bits per heavy atom. The van der Waals surface area contributed by atoms with Crippen LogP contribution in [-0.2, 0) is 9.53 Å². The SMILES string of the molecule is Cc1cc(NC(=O)COC(=O)c2sccc2-c2ccccc2)no1. The molecule has 2 aromatic heterocycles. The number of ether oxygens (including phenoxy) is 1. The van der Waals surface area contributed by atoms with Gasteiger partial charge in [-0.15, -0.1) is 11.3 Å². The Bertz CT molecular complexity index is 854. The molecule has 0 saturated carbocycles. The quantitative estimate of drug-likeness (QED) is 0.718. The molecule has 0 aliphatic heterocycles. The van der Waals surface area contributed by atoms with Crippen molar-refractivity contribution < 1.29 is 18.8 Å². The number of amides is 1. The van der Waals surface area contributed by atoms with Crippen LogP contribution in [-0.4, -0.2) is 23.6 Å². The van der Waals surface area contributed by atoms with Crippen LogP contribution in [0.1, 0.15) is 15.4 Å². The molecule has 0 bridgehead atoms. The summed E-state index contributed by atoms with van der Waals surface area (Å²) in [4.78, 5) is 24.5. The molecule has 3 rings (SSSR count). The molecule has 1 N–H and O–H groups in total. The van der Waals surface area contributed by atoms with Crippen molar-refractivity contribution in [2.45, 2.75) is 6.92 Å². The highest BCUT2D eigenvalue weighted by Crippen LogP contribution is 2.28. The van der Waals surface area contributed by atoms with E-state index in [2.05, 4.69) is 10.5 Å². The number of thiophene rings is 1. The van der Waals surface area contributed by atoms with Crippen LogP contribution in [0.2, 0.25) is 0 Å². The molecule has 1 aromatic carbocycles. The first kappa shape index (κ1) is 15.9. The summed E-state index contributed by atoms with van der Waals surface area (Å²) in [6.45, 7) is 1.32. The molecule has 0 radical (unpaired) electrons. The molecule has 6 nitrogen and oxygen atoms in total. The van der Waals surface area contributed by atoms with Crippen LogP contribution in [0.25, 0.3) is 11.1 Å². The predicted octanol–water partition coefficient (Wildman–Crippen LogP) is 3.51. The number of hydrogen-bond acceptors (Lipinski definition) is 6. The monoisotopic (exact) mass is 342 g/mol. The van der Waals surface area contributed by atoms with E-state index in [0.29, 0.717) is 10.6 Å². The van der Waals surface area contributed by atoms with E-state index in [-0.39, 0.29) is 5.82 Å². The van der Waals surface area contributed by atoms with Crippen molar-refractivity contribution in [3.05, 3.63) is 58.5 Å². The smallest absolute Gasteiger partial charge is 0.349 e. The van der Waals surface area contributed by atoms with E-state index in [1.54, 1.807) is 13.0 Å². The maximum atomic E-state index is 12.2. The Hall–Kier alpha value is -2.93. The number of aryl methyl sites for hydroxylation is 1. The Labute approximate surface area is 142 Å². The van der Waals surface area contributed by atoms with Gasteiger partial charge in [0, 0.05) is 11.6 Å². The first-order chi connectivity index (χ1) is 11.6. The molecular weight excluding hydrogens is 328 g/mol. The molecule has 0 spiro atoms. The van der Waals surface area contributed by atoms with Gasteiger partial charge in [-0.05, 0) is 23.9 Å². The fourth-order valence-corrected chi connectivity index (χ4v) is 2.92. The Kier molecular flexibility index (Phi) is 4.72. The first-order valence-corrected chi connectivity index (χ1v) is 8.04. The highest BCUT2D eigenvalue weighted by atomic mass is 32.1. The van der Waals surface area contributed by atoms with Crippen LogP contribution < -0.4 is 5.32 Å². The summed E-state index contributed by atoms with van der Waals surface area (Å²) < 4.78 is 9.93. The number of benzene rings is 1. The second kappa shape index (κ2) is 7.10. The van der Waals surface area contributed by atoms with E-state index in [1.807, 2.05) is 41.8 Å². The van der Waals surface area contributed by atoms with Gasteiger partial charge in [0.2, 0.25) is 0 Å². The largest absolute Gasteiger partial charge is 0.451 e. The minimum atomic E-state index is -0.532. The van der Waals surface area contributed by atoms with Gasteiger partial charge in [-0.25, -0.2) is 4.79 Å². The summed E-state index contributed by atoms with van der Waals surface area (Å²) in [5.41, 5.74) is 1.71. The van der Waals surface area contributed by atoms with Gasteiger partial charge in [0.1, 0.15) is 10.6 Å². The Morgan fingerprint density at radius 2 is 2.04 bits per heavy atom. The van der Waals surface area contributed by atoms with E-state index in [4.69, 9.17) is 9.26 Å². The summed E-state index contributed by atoms with van der Waals surface area (Å²) >= 11 is 1.28. The van der Waals surface area contributed by atoms with Crippen molar-refractivity contribution >= 4 is 29.0 Å². The minimum Gasteiger partial charge on any atom is -0.451 e. The second-order valence-corrected chi connectivity index (χ2v) is 5.89. The van der Waals surface area contributed by atoms with Crippen molar-refractivity contribution in [3.63, 3.8) is 0 Å². The Morgan fingerprint density at radius 1 is 1.25 bits per heavy atom. The van der Waals surface area contributed by atoms with Crippen molar-refractivity contribution in [2.24, 2.45) is 0 Å². The number of anilines is 1. The van der Waals surface area contributed by atoms with E-state index in [1.165, 1.54) is 11.3 Å². The zero-order valence-electron chi connectivity index (χ0n) is 12.8. The van der Waals surface area contributed by atoms with Gasteiger partial charge in [-0.1, -0.05) is 35.5 Å². The first-order valence-electron chi connectivity index (χ1n) is 7.16. The lowest BCUT2D eigenvalue weighted by molar-refractivity contribution is -0.119. The maximum absolute atomic E-state index is 12.2. The van der Waals surface area contributed by atoms with E-state index in [0.717, 1.165) is 11.1 Å². The lowest BCUT2D eigenvalue weighted by atomic mass is 10.1. The van der Waals surface area contributed by atoms with Crippen LogP contribution in [0.3, 0.4) is 0 Å². The lowest BCUT2D eigenvalue weighted by Gasteiger charge is -2.05. The summed E-state index contributed by atoms with van der Waals surface area (Å²) in [5, 5.41) is 7.95. The van der Waals surface area contributed by atoms with Crippen molar-refractivity contribution in [1.82, 2.24) is 5.16 Å². The van der Waals surface area contributed by atoms with E-state index < -0.39 is 18.5 Å². The van der Waals surface area contributed by atoms with Gasteiger partial charge in [-0.3, -0.25) is 4.79 Å².